The van der Waals surface area contributed by atoms with Crippen LogP contribution in [-0.4, -0.2) is 19.5 Å². The summed E-state index contributed by atoms with van der Waals surface area (Å²) in [7, 11) is 0. The molecule has 12 aromatic rings. The molecule has 0 saturated heterocycles. The van der Waals surface area contributed by atoms with Crippen molar-refractivity contribution >= 4 is 65.7 Å². The Morgan fingerprint density at radius 1 is 0.351 bits per heavy atom. The van der Waals surface area contributed by atoms with Gasteiger partial charge >= 0.3 is 0 Å². The van der Waals surface area contributed by atoms with Crippen LogP contribution in [0, 0.1) is 0 Å². The van der Waals surface area contributed by atoms with Gasteiger partial charge in [-0.15, -0.1) is 0 Å². The van der Waals surface area contributed by atoms with Crippen molar-refractivity contribution in [1.82, 2.24) is 19.5 Å². The Hall–Kier alpha value is -7.83. The third-order valence-electron chi connectivity index (χ3n) is 11.1. The van der Waals surface area contributed by atoms with E-state index in [1.54, 1.807) is 0 Å². The summed E-state index contributed by atoms with van der Waals surface area (Å²) in [6.45, 7) is 0. The van der Waals surface area contributed by atoms with Gasteiger partial charge in [-0.2, -0.15) is 0 Å². The van der Waals surface area contributed by atoms with Gasteiger partial charge in [0.05, 0.1) is 27.7 Å². The molecule has 4 heterocycles. The highest BCUT2D eigenvalue weighted by molar-refractivity contribution is 6.18. The Labute approximate surface area is 325 Å². The number of rotatable bonds is 5. The molecule has 0 aliphatic rings. The summed E-state index contributed by atoms with van der Waals surface area (Å²) in [5.41, 5.74) is 11.1. The molecule has 266 valence electrons. The molecule has 0 amide bonds. The van der Waals surface area contributed by atoms with Crippen LogP contribution in [0.3, 0.4) is 0 Å². The van der Waals surface area contributed by atoms with Crippen LogP contribution in [0.5, 0.6) is 0 Å². The maximum absolute atomic E-state index is 6.75. The fourth-order valence-electron chi connectivity index (χ4n) is 8.57. The minimum Gasteiger partial charge on any atom is -0.455 e. The summed E-state index contributed by atoms with van der Waals surface area (Å²) in [6.07, 6.45) is 0. The Morgan fingerprint density at radius 2 is 0.895 bits per heavy atom. The molecule has 0 aliphatic heterocycles. The van der Waals surface area contributed by atoms with Gasteiger partial charge in [0.25, 0.3) is 0 Å². The molecule has 0 bridgehead atoms. The number of nitrogens with zero attached hydrogens (tertiary/aromatic N) is 4. The topological polar surface area (TPSA) is 69.9 Å². The molecule has 4 aromatic heterocycles. The van der Waals surface area contributed by atoms with Gasteiger partial charge in [-0.1, -0.05) is 146 Å². The van der Waals surface area contributed by atoms with E-state index < -0.39 is 0 Å². The van der Waals surface area contributed by atoms with Crippen molar-refractivity contribution in [2.75, 3.05) is 0 Å². The zero-order chi connectivity index (χ0) is 37.5. The van der Waals surface area contributed by atoms with E-state index in [1.807, 2.05) is 66.7 Å². The first-order chi connectivity index (χ1) is 28.3. The zero-order valence-electron chi connectivity index (χ0n) is 30.4. The van der Waals surface area contributed by atoms with Crippen molar-refractivity contribution in [3.63, 3.8) is 0 Å². The van der Waals surface area contributed by atoms with Crippen LogP contribution in [0.25, 0.3) is 117 Å². The van der Waals surface area contributed by atoms with E-state index in [2.05, 4.69) is 120 Å². The fourth-order valence-corrected chi connectivity index (χ4v) is 8.57. The number of furan rings is 2. The lowest BCUT2D eigenvalue weighted by Crippen LogP contribution is -2.02. The first kappa shape index (κ1) is 31.5. The fraction of sp³-hybridized carbons (Fsp3) is 0. The first-order valence-corrected chi connectivity index (χ1v) is 19.0. The highest BCUT2D eigenvalue weighted by atomic mass is 16.3. The van der Waals surface area contributed by atoms with Crippen molar-refractivity contribution in [1.29, 1.82) is 0 Å². The summed E-state index contributed by atoms with van der Waals surface area (Å²) < 4.78 is 15.6. The number of hydrogen-bond donors (Lipinski definition) is 0. The van der Waals surface area contributed by atoms with Crippen molar-refractivity contribution < 1.29 is 8.83 Å². The van der Waals surface area contributed by atoms with Gasteiger partial charge in [-0.3, -0.25) is 0 Å². The molecule has 0 N–H and O–H groups in total. The van der Waals surface area contributed by atoms with Crippen molar-refractivity contribution in [3.8, 4) is 51.0 Å². The van der Waals surface area contributed by atoms with Crippen LogP contribution >= 0.6 is 0 Å². The maximum Gasteiger partial charge on any atom is 0.167 e. The Kier molecular flexibility index (Phi) is 6.83. The highest BCUT2D eigenvalue weighted by Gasteiger charge is 2.24. The molecule has 0 atom stereocenters. The van der Waals surface area contributed by atoms with E-state index in [9.17, 15) is 0 Å². The summed E-state index contributed by atoms with van der Waals surface area (Å²) in [6, 6.07) is 62.5. The zero-order valence-corrected chi connectivity index (χ0v) is 30.4. The standard InChI is InChI=1S/C51H30N4O2/c1-3-15-31(16-4-1)33-21-11-24-38-45-42(28-14-30-44(45)57-47(33)38)55-41-27-9-7-19-34(41)36-22-12-25-39(46(36)55)50-52-49(32-17-5-2-6-18-32)53-51(54-50)40-26-13-23-37-35-20-8-10-29-43(35)56-48(37)40/h1-30H. The number of fused-ring (bicyclic) bond motifs is 9. The molecule has 6 heteroatoms. The largest absolute Gasteiger partial charge is 0.455 e. The second-order valence-electron chi connectivity index (χ2n) is 14.3. The van der Waals surface area contributed by atoms with Gasteiger partial charge in [-0.05, 0) is 42.0 Å². The molecular formula is C51H30N4O2. The van der Waals surface area contributed by atoms with Crippen LogP contribution in [-0.2, 0) is 0 Å². The highest BCUT2D eigenvalue weighted by Crippen LogP contribution is 2.44. The second-order valence-corrected chi connectivity index (χ2v) is 14.3. The Morgan fingerprint density at radius 3 is 1.72 bits per heavy atom. The van der Waals surface area contributed by atoms with E-state index in [0.717, 1.165) is 99.2 Å². The minimum absolute atomic E-state index is 0.541. The van der Waals surface area contributed by atoms with E-state index in [1.165, 1.54) is 0 Å². The quantitative estimate of drug-likeness (QED) is 0.176. The summed E-state index contributed by atoms with van der Waals surface area (Å²) in [5, 5.41) is 6.40. The molecule has 0 aliphatic carbocycles. The number of hydrogen-bond acceptors (Lipinski definition) is 5. The average molecular weight is 731 g/mol. The lowest BCUT2D eigenvalue weighted by atomic mass is 10.0. The molecular weight excluding hydrogens is 701 g/mol. The smallest absolute Gasteiger partial charge is 0.167 e. The summed E-state index contributed by atoms with van der Waals surface area (Å²) in [5.74, 6) is 1.69. The van der Waals surface area contributed by atoms with Crippen LogP contribution < -0.4 is 0 Å². The van der Waals surface area contributed by atoms with Gasteiger partial charge in [-0.25, -0.2) is 15.0 Å². The molecule has 0 fully saturated rings. The summed E-state index contributed by atoms with van der Waals surface area (Å²) >= 11 is 0. The molecule has 0 unspecified atom stereocenters. The molecule has 0 radical (unpaired) electrons. The predicted molar refractivity (Wildman–Crippen MR) is 230 cm³/mol. The monoisotopic (exact) mass is 730 g/mol. The number of para-hydroxylation sites is 5. The molecule has 0 spiro atoms. The Bertz CT molecular complexity index is 3530. The van der Waals surface area contributed by atoms with Crippen molar-refractivity contribution in [2.45, 2.75) is 0 Å². The molecule has 6 nitrogen and oxygen atoms in total. The molecule has 0 saturated carbocycles. The maximum atomic E-state index is 6.75. The van der Waals surface area contributed by atoms with E-state index in [-0.39, 0.29) is 0 Å². The first-order valence-electron chi connectivity index (χ1n) is 19.0. The van der Waals surface area contributed by atoms with Crippen LogP contribution in [0.2, 0.25) is 0 Å². The lowest BCUT2D eigenvalue weighted by molar-refractivity contribution is 0.669. The van der Waals surface area contributed by atoms with Crippen molar-refractivity contribution in [2.24, 2.45) is 0 Å². The Balaban J connectivity index is 1.16. The lowest BCUT2D eigenvalue weighted by Gasteiger charge is -2.13. The van der Waals surface area contributed by atoms with Crippen LogP contribution in [0.15, 0.2) is 191 Å². The number of aromatic nitrogens is 4. The third kappa shape index (κ3) is 4.81. The normalized spacial score (nSPS) is 11.9. The van der Waals surface area contributed by atoms with E-state index in [0.29, 0.717) is 17.5 Å². The third-order valence-corrected chi connectivity index (χ3v) is 11.1. The van der Waals surface area contributed by atoms with Gasteiger partial charge < -0.3 is 13.4 Å². The van der Waals surface area contributed by atoms with Gasteiger partial charge in [0.15, 0.2) is 17.5 Å². The average Bonchev–Trinajstić information content (AvgIpc) is 3.97. The van der Waals surface area contributed by atoms with Gasteiger partial charge in [0, 0.05) is 43.6 Å². The van der Waals surface area contributed by atoms with Crippen LogP contribution in [0.1, 0.15) is 0 Å². The summed E-state index contributed by atoms with van der Waals surface area (Å²) in [4.78, 5) is 15.7. The van der Waals surface area contributed by atoms with Crippen LogP contribution in [0.4, 0.5) is 0 Å². The molecule has 8 aromatic carbocycles. The molecule has 12 rings (SSSR count). The second kappa shape index (κ2) is 12.3. The minimum atomic E-state index is 0.541. The SMILES string of the molecule is c1ccc(-c2nc(-c3cccc4c3oc3ccccc34)nc(-c3cccc4c5ccccc5n(-c5cccc6oc7c(-c8ccccc8)cccc7c56)c34)n2)cc1. The van der Waals surface area contributed by atoms with Gasteiger partial charge in [0.2, 0.25) is 0 Å². The van der Waals surface area contributed by atoms with E-state index in [4.69, 9.17) is 23.8 Å². The van der Waals surface area contributed by atoms with E-state index >= 15 is 0 Å². The predicted octanol–water partition coefficient (Wildman–Crippen LogP) is 13.4. The van der Waals surface area contributed by atoms with Crippen molar-refractivity contribution in [3.05, 3.63) is 182 Å². The number of benzene rings is 8. The van der Waals surface area contributed by atoms with Gasteiger partial charge in [0.1, 0.15) is 22.3 Å². The molecule has 57 heavy (non-hydrogen) atoms.